The molecular weight excluding hydrogens is 378 g/mol. The van der Waals surface area contributed by atoms with Crippen LogP contribution < -0.4 is 5.32 Å². The van der Waals surface area contributed by atoms with Crippen molar-refractivity contribution < 1.29 is 14.1 Å². The standard InChI is InChI=1S/C19H21N5O3S/c1-3-14-16(28-19(23-14)17-20-5-4-6-21-17)18(25)22-15-10-26-9-12(15)8-13-7-11(2)24-27-13/h4-7,12,15H,3,8-10H2,1-2H3,(H,22,25)/t12-,15+/m1/s1. The third kappa shape index (κ3) is 3.95. The largest absolute Gasteiger partial charge is 0.379 e. The van der Waals surface area contributed by atoms with Crippen LogP contribution >= 0.6 is 11.3 Å². The van der Waals surface area contributed by atoms with Crippen LogP contribution in [0.15, 0.2) is 29.0 Å². The van der Waals surface area contributed by atoms with Crippen LogP contribution in [-0.4, -0.2) is 45.3 Å². The van der Waals surface area contributed by atoms with Crippen molar-refractivity contribution >= 4 is 17.2 Å². The number of aryl methyl sites for hydroxylation is 2. The Kier molecular flexibility index (Phi) is 5.45. The number of hydrogen-bond acceptors (Lipinski definition) is 8. The van der Waals surface area contributed by atoms with Crippen molar-refractivity contribution in [3.05, 3.63) is 46.6 Å². The Morgan fingerprint density at radius 3 is 2.86 bits per heavy atom. The van der Waals surface area contributed by atoms with E-state index in [1.165, 1.54) is 11.3 Å². The molecule has 2 atom stereocenters. The van der Waals surface area contributed by atoms with Gasteiger partial charge in [-0.2, -0.15) is 0 Å². The highest BCUT2D eigenvalue weighted by Crippen LogP contribution is 2.27. The third-order valence-corrected chi connectivity index (χ3v) is 5.74. The van der Waals surface area contributed by atoms with Gasteiger partial charge in [0, 0.05) is 30.8 Å². The molecule has 0 radical (unpaired) electrons. The highest BCUT2D eigenvalue weighted by atomic mass is 32.1. The van der Waals surface area contributed by atoms with Gasteiger partial charge in [-0.25, -0.2) is 15.0 Å². The van der Waals surface area contributed by atoms with Crippen LogP contribution in [0.5, 0.6) is 0 Å². The topological polar surface area (TPSA) is 103 Å². The Bertz CT molecular complexity index is 956. The summed E-state index contributed by atoms with van der Waals surface area (Å²) in [6.45, 7) is 4.94. The Morgan fingerprint density at radius 1 is 1.32 bits per heavy atom. The summed E-state index contributed by atoms with van der Waals surface area (Å²) in [5.74, 6) is 1.35. The molecule has 0 spiro atoms. The molecule has 8 nitrogen and oxygen atoms in total. The average molecular weight is 399 g/mol. The number of aromatic nitrogens is 4. The van der Waals surface area contributed by atoms with Crippen molar-refractivity contribution in [3.63, 3.8) is 0 Å². The van der Waals surface area contributed by atoms with Crippen LogP contribution in [0.1, 0.15) is 33.7 Å². The van der Waals surface area contributed by atoms with Crippen LogP contribution in [0.2, 0.25) is 0 Å². The molecule has 0 aliphatic carbocycles. The van der Waals surface area contributed by atoms with E-state index < -0.39 is 0 Å². The van der Waals surface area contributed by atoms with Crippen LogP contribution in [0.3, 0.4) is 0 Å². The summed E-state index contributed by atoms with van der Waals surface area (Å²) in [6.07, 6.45) is 4.67. The van der Waals surface area contributed by atoms with E-state index in [1.807, 2.05) is 19.9 Å². The van der Waals surface area contributed by atoms with E-state index in [0.29, 0.717) is 41.8 Å². The Hall–Kier alpha value is -2.65. The molecule has 1 N–H and O–H groups in total. The van der Waals surface area contributed by atoms with Gasteiger partial charge < -0.3 is 14.6 Å². The predicted octanol–water partition coefficient (Wildman–Crippen LogP) is 2.45. The van der Waals surface area contributed by atoms with Gasteiger partial charge in [0.05, 0.1) is 30.6 Å². The monoisotopic (exact) mass is 399 g/mol. The molecule has 146 valence electrons. The van der Waals surface area contributed by atoms with Crippen molar-refractivity contribution in [2.75, 3.05) is 13.2 Å². The summed E-state index contributed by atoms with van der Waals surface area (Å²) in [7, 11) is 0. The molecule has 3 aromatic heterocycles. The molecule has 0 unspecified atom stereocenters. The third-order valence-electron chi connectivity index (χ3n) is 4.65. The van der Waals surface area contributed by atoms with Gasteiger partial charge in [-0.05, 0) is 19.4 Å². The molecule has 4 heterocycles. The summed E-state index contributed by atoms with van der Waals surface area (Å²) in [5, 5.41) is 7.69. The van der Waals surface area contributed by atoms with Gasteiger partial charge in [0.2, 0.25) is 0 Å². The number of rotatable bonds is 6. The number of nitrogens with one attached hydrogen (secondary N) is 1. The van der Waals surface area contributed by atoms with Gasteiger partial charge in [0.25, 0.3) is 5.91 Å². The number of carbonyl (C=O) groups excluding carboxylic acids is 1. The van der Waals surface area contributed by atoms with Crippen molar-refractivity contribution in [1.82, 2.24) is 25.4 Å². The van der Waals surface area contributed by atoms with E-state index in [1.54, 1.807) is 18.5 Å². The van der Waals surface area contributed by atoms with E-state index in [0.717, 1.165) is 17.1 Å². The fourth-order valence-electron chi connectivity index (χ4n) is 3.24. The maximum absolute atomic E-state index is 13.0. The fraction of sp³-hybridized carbons (Fsp3) is 0.421. The van der Waals surface area contributed by atoms with Crippen LogP contribution in [-0.2, 0) is 17.6 Å². The molecule has 1 fully saturated rings. The highest BCUT2D eigenvalue weighted by Gasteiger charge is 2.32. The normalized spacial score (nSPS) is 19.1. The van der Waals surface area contributed by atoms with Gasteiger partial charge in [-0.1, -0.05) is 12.1 Å². The molecule has 9 heteroatoms. The average Bonchev–Trinajstić information content (AvgIpc) is 3.43. The Labute approximate surface area is 166 Å². The summed E-state index contributed by atoms with van der Waals surface area (Å²) >= 11 is 1.32. The lowest BCUT2D eigenvalue weighted by Crippen LogP contribution is -2.40. The minimum Gasteiger partial charge on any atom is -0.379 e. The number of thiazole rings is 1. The van der Waals surface area contributed by atoms with Crippen molar-refractivity contribution in [1.29, 1.82) is 0 Å². The Balaban J connectivity index is 1.49. The van der Waals surface area contributed by atoms with Gasteiger partial charge in [0.1, 0.15) is 10.6 Å². The molecule has 1 amide bonds. The molecule has 0 saturated carbocycles. The lowest BCUT2D eigenvalue weighted by molar-refractivity contribution is 0.0927. The Morgan fingerprint density at radius 2 is 2.14 bits per heavy atom. The maximum Gasteiger partial charge on any atom is 0.263 e. The number of hydrogen-bond donors (Lipinski definition) is 1. The summed E-state index contributed by atoms with van der Waals surface area (Å²) in [6, 6.07) is 3.59. The number of carbonyl (C=O) groups is 1. The second-order valence-electron chi connectivity index (χ2n) is 6.74. The van der Waals surface area contributed by atoms with Crippen molar-refractivity contribution in [2.24, 2.45) is 5.92 Å². The van der Waals surface area contributed by atoms with E-state index in [9.17, 15) is 4.79 Å². The molecule has 0 bridgehead atoms. The second-order valence-corrected chi connectivity index (χ2v) is 7.74. The molecule has 1 aliphatic heterocycles. The minimum atomic E-state index is -0.134. The van der Waals surface area contributed by atoms with Gasteiger partial charge in [0.15, 0.2) is 10.8 Å². The first-order valence-corrected chi connectivity index (χ1v) is 10.0. The van der Waals surface area contributed by atoms with Crippen LogP contribution in [0.25, 0.3) is 10.8 Å². The maximum atomic E-state index is 13.0. The van der Waals surface area contributed by atoms with Crippen LogP contribution in [0, 0.1) is 12.8 Å². The minimum absolute atomic E-state index is 0.0823. The molecule has 4 rings (SSSR count). The van der Waals surface area contributed by atoms with E-state index >= 15 is 0 Å². The molecule has 1 aliphatic rings. The first-order chi connectivity index (χ1) is 13.6. The molecule has 1 saturated heterocycles. The van der Waals surface area contributed by atoms with Gasteiger partial charge in [-0.15, -0.1) is 11.3 Å². The first-order valence-electron chi connectivity index (χ1n) is 9.22. The summed E-state index contributed by atoms with van der Waals surface area (Å²) < 4.78 is 10.9. The lowest BCUT2D eigenvalue weighted by atomic mass is 9.98. The molecular formula is C19H21N5O3S. The fourth-order valence-corrected chi connectivity index (χ4v) is 4.24. The quantitative estimate of drug-likeness (QED) is 0.679. The molecule has 28 heavy (non-hydrogen) atoms. The summed E-state index contributed by atoms with van der Waals surface area (Å²) in [4.78, 5) is 26.6. The first kappa shape index (κ1) is 18.7. The smallest absolute Gasteiger partial charge is 0.263 e. The molecule has 0 aromatic carbocycles. The van der Waals surface area contributed by atoms with Crippen molar-refractivity contribution in [2.45, 2.75) is 32.7 Å². The molecule has 3 aromatic rings. The van der Waals surface area contributed by atoms with Gasteiger partial charge in [-0.3, -0.25) is 4.79 Å². The predicted molar refractivity (Wildman–Crippen MR) is 103 cm³/mol. The second kappa shape index (κ2) is 8.15. The van der Waals surface area contributed by atoms with E-state index in [2.05, 4.69) is 25.4 Å². The zero-order chi connectivity index (χ0) is 19.5. The SMILES string of the molecule is CCc1nc(-c2ncccn2)sc1C(=O)N[C@H]1COC[C@H]1Cc1cc(C)no1. The van der Waals surface area contributed by atoms with E-state index in [4.69, 9.17) is 9.26 Å². The zero-order valence-electron chi connectivity index (χ0n) is 15.7. The van der Waals surface area contributed by atoms with Crippen molar-refractivity contribution in [3.8, 4) is 10.8 Å². The van der Waals surface area contributed by atoms with E-state index in [-0.39, 0.29) is 17.9 Å². The van der Waals surface area contributed by atoms with Gasteiger partial charge >= 0.3 is 0 Å². The highest BCUT2D eigenvalue weighted by molar-refractivity contribution is 7.17. The zero-order valence-corrected chi connectivity index (χ0v) is 16.5. The van der Waals surface area contributed by atoms with Crippen LogP contribution in [0.4, 0.5) is 0 Å². The number of nitrogens with zero attached hydrogens (tertiary/aromatic N) is 4. The summed E-state index contributed by atoms with van der Waals surface area (Å²) in [5.41, 5.74) is 1.61. The lowest BCUT2D eigenvalue weighted by Gasteiger charge is -2.17. The number of amides is 1. The number of ether oxygens (including phenoxy) is 1.